The van der Waals surface area contributed by atoms with Gasteiger partial charge in [-0.05, 0) is 73.0 Å². The first kappa shape index (κ1) is 28.2. The number of ether oxygens (including phenoxy) is 1. The Hall–Kier alpha value is -4.30. The first-order valence-corrected chi connectivity index (χ1v) is 15.1. The topological polar surface area (TPSA) is 70.2 Å². The molecule has 0 spiro atoms. The van der Waals surface area contributed by atoms with Gasteiger partial charge in [0.15, 0.2) is 0 Å². The van der Waals surface area contributed by atoms with E-state index >= 15 is 0 Å². The van der Waals surface area contributed by atoms with Crippen molar-refractivity contribution in [1.29, 1.82) is 0 Å². The van der Waals surface area contributed by atoms with Crippen LogP contribution in [0.2, 0.25) is 0 Å². The van der Waals surface area contributed by atoms with Crippen LogP contribution in [0.1, 0.15) is 27.0 Å². The fourth-order valence-corrected chi connectivity index (χ4v) is 6.67. The van der Waals surface area contributed by atoms with Gasteiger partial charge in [0, 0.05) is 31.9 Å². The van der Waals surface area contributed by atoms with Crippen LogP contribution in [0.25, 0.3) is 0 Å². The number of rotatable bonds is 8. The molecule has 0 saturated carbocycles. The molecule has 0 aromatic heterocycles. The summed E-state index contributed by atoms with van der Waals surface area (Å²) >= 11 is 0. The zero-order chi connectivity index (χ0) is 29.0. The highest BCUT2D eigenvalue weighted by Crippen LogP contribution is 2.31. The van der Waals surface area contributed by atoms with Gasteiger partial charge in [0.05, 0.1) is 29.8 Å². The van der Waals surface area contributed by atoms with Crippen LogP contribution >= 0.6 is 0 Å². The minimum Gasteiger partial charge on any atom is -0.497 e. The quantitative estimate of drug-likeness (QED) is 0.274. The smallest absolute Gasteiger partial charge is 0.264 e. The molecule has 1 heterocycles. The van der Waals surface area contributed by atoms with Crippen LogP contribution in [0.15, 0.2) is 102 Å². The second kappa shape index (κ2) is 12.1. The number of benzene rings is 4. The summed E-state index contributed by atoms with van der Waals surface area (Å²) in [6.45, 7) is 6.82. The molecule has 1 fully saturated rings. The Labute approximate surface area is 242 Å². The lowest BCUT2D eigenvalue weighted by atomic mass is 10.1. The molecular formula is C33H35N3O4S. The number of hydrogen-bond donors (Lipinski definition) is 0. The van der Waals surface area contributed by atoms with Crippen LogP contribution in [0.3, 0.4) is 0 Å². The number of anilines is 2. The molecule has 4 aromatic carbocycles. The van der Waals surface area contributed by atoms with Gasteiger partial charge in [0.2, 0.25) is 0 Å². The Bertz CT molecular complexity index is 1610. The van der Waals surface area contributed by atoms with E-state index < -0.39 is 10.0 Å². The van der Waals surface area contributed by atoms with Gasteiger partial charge in [0.1, 0.15) is 5.75 Å². The Morgan fingerprint density at radius 1 is 0.805 bits per heavy atom. The molecule has 1 saturated heterocycles. The van der Waals surface area contributed by atoms with Crippen LogP contribution in [-0.4, -0.2) is 52.5 Å². The van der Waals surface area contributed by atoms with Crippen LogP contribution in [0.4, 0.5) is 11.4 Å². The minimum absolute atomic E-state index is 0.0832. The SMILES string of the molecule is COc1ccc(S(=O)(=O)N(Cc2ccccc2)c2ccccc2C(=O)N2CCN(c3cccc(C)c3C)CC2)cc1. The van der Waals surface area contributed by atoms with E-state index in [0.29, 0.717) is 43.2 Å². The van der Waals surface area contributed by atoms with Gasteiger partial charge in [0.25, 0.3) is 15.9 Å². The molecular weight excluding hydrogens is 534 g/mol. The molecule has 1 aliphatic rings. The van der Waals surface area contributed by atoms with Gasteiger partial charge in [-0.25, -0.2) is 8.42 Å². The van der Waals surface area contributed by atoms with Crippen molar-refractivity contribution in [2.75, 3.05) is 42.5 Å². The zero-order valence-electron chi connectivity index (χ0n) is 23.7. The minimum atomic E-state index is -4.02. The predicted octanol–water partition coefficient (Wildman–Crippen LogP) is 5.67. The molecule has 0 unspecified atom stereocenters. The monoisotopic (exact) mass is 569 g/mol. The van der Waals surface area contributed by atoms with E-state index in [0.717, 1.165) is 5.56 Å². The maximum atomic E-state index is 14.1. The molecule has 4 aromatic rings. The van der Waals surface area contributed by atoms with Gasteiger partial charge in [-0.15, -0.1) is 0 Å². The zero-order valence-corrected chi connectivity index (χ0v) is 24.5. The van der Waals surface area contributed by atoms with Crippen molar-refractivity contribution in [2.24, 2.45) is 0 Å². The maximum absolute atomic E-state index is 14.1. The summed E-state index contributed by atoms with van der Waals surface area (Å²) in [6, 6.07) is 29.0. The van der Waals surface area contributed by atoms with Crippen molar-refractivity contribution < 1.29 is 17.9 Å². The molecule has 0 atom stereocenters. The van der Waals surface area contributed by atoms with Gasteiger partial charge in [-0.3, -0.25) is 9.10 Å². The maximum Gasteiger partial charge on any atom is 0.264 e. The summed E-state index contributed by atoms with van der Waals surface area (Å²) in [5, 5.41) is 0. The summed E-state index contributed by atoms with van der Waals surface area (Å²) < 4.78 is 34.8. The summed E-state index contributed by atoms with van der Waals surface area (Å²) in [4.78, 5) is 18.2. The van der Waals surface area contributed by atoms with Gasteiger partial charge < -0.3 is 14.5 Å². The molecule has 0 radical (unpaired) electrons. The number of hydrogen-bond acceptors (Lipinski definition) is 5. The lowest BCUT2D eigenvalue weighted by molar-refractivity contribution is 0.0747. The number of sulfonamides is 1. The Morgan fingerprint density at radius 2 is 1.46 bits per heavy atom. The van der Waals surface area contributed by atoms with Gasteiger partial charge in [-0.1, -0.05) is 54.6 Å². The summed E-state index contributed by atoms with van der Waals surface area (Å²) in [5.41, 5.74) is 5.21. The van der Waals surface area contributed by atoms with Crippen molar-refractivity contribution in [2.45, 2.75) is 25.3 Å². The molecule has 5 rings (SSSR count). The van der Waals surface area contributed by atoms with E-state index in [2.05, 4.69) is 36.9 Å². The van der Waals surface area contributed by atoms with Crippen molar-refractivity contribution >= 4 is 27.3 Å². The molecule has 7 nitrogen and oxygen atoms in total. The third kappa shape index (κ3) is 5.93. The van der Waals surface area contributed by atoms with Crippen LogP contribution in [0, 0.1) is 13.8 Å². The normalized spacial score (nSPS) is 13.6. The average molecular weight is 570 g/mol. The highest BCUT2D eigenvalue weighted by Gasteiger charge is 2.31. The Balaban J connectivity index is 1.46. The van der Waals surface area contributed by atoms with Gasteiger partial charge >= 0.3 is 0 Å². The number of aryl methyl sites for hydroxylation is 1. The summed E-state index contributed by atoms with van der Waals surface area (Å²) in [7, 11) is -2.48. The Kier molecular flexibility index (Phi) is 8.31. The second-order valence-corrected chi connectivity index (χ2v) is 12.1. The highest BCUT2D eigenvalue weighted by molar-refractivity contribution is 7.92. The third-order valence-electron chi connectivity index (χ3n) is 7.70. The molecule has 212 valence electrons. The van der Waals surface area contributed by atoms with Crippen LogP contribution < -0.4 is 13.9 Å². The van der Waals surface area contributed by atoms with E-state index in [1.54, 1.807) is 36.4 Å². The number of amides is 1. The molecule has 8 heteroatoms. The highest BCUT2D eigenvalue weighted by atomic mass is 32.2. The molecule has 0 N–H and O–H groups in total. The first-order chi connectivity index (χ1) is 19.8. The number of para-hydroxylation sites is 1. The average Bonchev–Trinajstić information content (AvgIpc) is 3.01. The number of piperazine rings is 1. The van der Waals surface area contributed by atoms with E-state index in [1.165, 1.54) is 40.4 Å². The first-order valence-electron chi connectivity index (χ1n) is 13.7. The van der Waals surface area contributed by atoms with E-state index in [-0.39, 0.29) is 17.3 Å². The predicted molar refractivity (Wildman–Crippen MR) is 163 cm³/mol. The molecule has 41 heavy (non-hydrogen) atoms. The van der Waals surface area contributed by atoms with Gasteiger partial charge in [-0.2, -0.15) is 0 Å². The number of methoxy groups -OCH3 is 1. The molecule has 1 aliphatic heterocycles. The molecule has 0 aliphatic carbocycles. The number of nitrogens with zero attached hydrogens (tertiary/aromatic N) is 3. The summed E-state index contributed by atoms with van der Waals surface area (Å²) in [5.74, 6) is 0.387. The number of carbonyl (C=O) groups excluding carboxylic acids is 1. The van der Waals surface area contributed by atoms with E-state index in [9.17, 15) is 13.2 Å². The fourth-order valence-electron chi connectivity index (χ4n) is 5.19. The second-order valence-electron chi connectivity index (χ2n) is 10.2. The van der Waals surface area contributed by atoms with Crippen molar-refractivity contribution in [3.8, 4) is 5.75 Å². The third-order valence-corrected chi connectivity index (χ3v) is 9.48. The van der Waals surface area contributed by atoms with Crippen molar-refractivity contribution in [3.05, 3.63) is 119 Å². The van der Waals surface area contributed by atoms with E-state index in [4.69, 9.17) is 4.74 Å². The summed E-state index contributed by atoms with van der Waals surface area (Å²) in [6.07, 6.45) is 0. The fraction of sp³-hybridized carbons (Fsp3) is 0.242. The lowest BCUT2D eigenvalue weighted by Gasteiger charge is -2.37. The van der Waals surface area contributed by atoms with Crippen LogP contribution in [-0.2, 0) is 16.6 Å². The van der Waals surface area contributed by atoms with Crippen molar-refractivity contribution in [3.63, 3.8) is 0 Å². The standard InChI is InChI=1S/C33H35N3O4S/c1-25-10-9-15-31(26(25)2)34-20-22-35(23-21-34)33(37)30-13-7-8-14-32(30)36(24-27-11-5-4-6-12-27)41(38,39)29-18-16-28(40-3)17-19-29/h4-19H,20-24H2,1-3H3. The molecule has 0 bridgehead atoms. The van der Waals surface area contributed by atoms with Crippen molar-refractivity contribution in [1.82, 2.24) is 4.90 Å². The lowest BCUT2D eigenvalue weighted by Crippen LogP contribution is -2.49. The number of carbonyl (C=O) groups is 1. The largest absolute Gasteiger partial charge is 0.497 e. The van der Waals surface area contributed by atoms with Crippen LogP contribution in [0.5, 0.6) is 5.75 Å². The van der Waals surface area contributed by atoms with E-state index in [1.807, 2.05) is 35.2 Å². The molecule has 1 amide bonds. The Morgan fingerprint density at radius 3 is 2.15 bits per heavy atom.